The van der Waals surface area contributed by atoms with Crippen LogP contribution in [0.3, 0.4) is 0 Å². The molecule has 1 aromatic carbocycles. The minimum Gasteiger partial charge on any atom is -0.382 e. The van der Waals surface area contributed by atoms with E-state index < -0.39 is 0 Å². The summed E-state index contributed by atoms with van der Waals surface area (Å²) >= 11 is 9.47. The maximum absolute atomic E-state index is 6.11. The van der Waals surface area contributed by atoms with E-state index in [4.69, 9.17) is 17.3 Å². The van der Waals surface area contributed by atoms with E-state index in [0.717, 1.165) is 15.7 Å². The van der Waals surface area contributed by atoms with E-state index in [0.29, 0.717) is 27.8 Å². The molecule has 0 atom stereocenters. The van der Waals surface area contributed by atoms with Gasteiger partial charge >= 0.3 is 0 Å². The van der Waals surface area contributed by atoms with Crippen molar-refractivity contribution in [1.82, 2.24) is 15.0 Å². The summed E-state index contributed by atoms with van der Waals surface area (Å²) in [6.45, 7) is 1.92. The molecule has 7 heteroatoms. The normalized spacial score (nSPS) is 10.8. The standard InChI is InChI=1S/C14H11BrClN5/c1-7-9(16)3-2-4-10(7)19-14-20-11-5-8(15)6-18-12(11)13(17)21-14/h2-6H,1H3,(H3,17,19,20,21). The minimum atomic E-state index is 0.328. The third-order valence-electron chi connectivity index (χ3n) is 3.04. The molecule has 0 bridgehead atoms. The van der Waals surface area contributed by atoms with Crippen molar-refractivity contribution in [2.75, 3.05) is 11.1 Å². The number of nitrogens with one attached hydrogen (secondary N) is 1. The molecule has 5 nitrogen and oxygen atoms in total. The zero-order valence-corrected chi connectivity index (χ0v) is 13.4. The first-order valence-electron chi connectivity index (χ1n) is 6.15. The van der Waals surface area contributed by atoms with E-state index >= 15 is 0 Å². The largest absolute Gasteiger partial charge is 0.382 e. The first-order chi connectivity index (χ1) is 10.0. The summed E-state index contributed by atoms with van der Waals surface area (Å²) < 4.78 is 0.831. The summed E-state index contributed by atoms with van der Waals surface area (Å²) in [5.41, 5.74) is 8.94. The van der Waals surface area contributed by atoms with Gasteiger partial charge in [0.25, 0.3) is 0 Å². The Labute approximate surface area is 134 Å². The molecular weight excluding hydrogens is 354 g/mol. The van der Waals surface area contributed by atoms with Crippen molar-refractivity contribution in [2.24, 2.45) is 0 Å². The molecule has 0 spiro atoms. The van der Waals surface area contributed by atoms with Crippen LogP contribution in [0.2, 0.25) is 5.02 Å². The minimum absolute atomic E-state index is 0.328. The van der Waals surface area contributed by atoms with Gasteiger partial charge in [-0.3, -0.25) is 0 Å². The summed E-state index contributed by atoms with van der Waals surface area (Å²) in [4.78, 5) is 12.9. The Morgan fingerprint density at radius 3 is 2.90 bits per heavy atom. The van der Waals surface area contributed by atoms with Crippen molar-refractivity contribution >= 4 is 56.0 Å². The van der Waals surface area contributed by atoms with Crippen LogP contribution >= 0.6 is 27.5 Å². The highest BCUT2D eigenvalue weighted by Crippen LogP contribution is 2.27. The Hall–Kier alpha value is -1.92. The Morgan fingerprint density at radius 2 is 2.10 bits per heavy atom. The highest BCUT2D eigenvalue weighted by Gasteiger charge is 2.09. The van der Waals surface area contributed by atoms with Crippen LogP contribution < -0.4 is 11.1 Å². The van der Waals surface area contributed by atoms with E-state index in [2.05, 4.69) is 36.2 Å². The van der Waals surface area contributed by atoms with Crippen LogP contribution in [0.4, 0.5) is 17.5 Å². The molecule has 2 aromatic heterocycles. The van der Waals surface area contributed by atoms with Crippen molar-refractivity contribution < 1.29 is 0 Å². The predicted octanol–water partition coefficient (Wildman–Crippen LogP) is 4.07. The van der Waals surface area contributed by atoms with Crippen molar-refractivity contribution in [2.45, 2.75) is 6.92 Å². The summed E-state index contributed by atoms with van der Waals surface area (Å²) in [7, 11) is 0. The van der Waals surface area contributed by atoms with Gasteiger partial charge in [-0.1, -0.05) is 17.7 Å². The third-order valence-corrected chi connectivity index (χ3v) is 3.89. The molecular formula is C14H11BrClN5. The van der Waals surface area contributed by atoms with Crippen molar-refractivity contribution in [3.05, 3.63) is 45.5 Å². The molecule has 0 unspecified atom stereocenters. The average molecular weight is 365 g/mol. The molecule has 2 heterocycles. The lowest BCUT2D eigenvalue weighted by molar-refractivity contribution is 1.19. The molecule has 0 radical (unpaired) electrons. The molecule has 0 fully saturated rings. The summed E-state index contributed by atoms with van der Waals surface area (Å²) in [6.07, 6.45) is 1.66. The van der Waals surface area contributed by atoms with Gasteiger partial charge in [-0.05, 0) is 46.6 Å². The Morgan fingerprint density at radius 1 is 1.29 bits per heavy atom. The van der Waals surface area contributed by atoms with Gasteiger partial charge in [-0.25, -0.2) is 9.97 Å². The van der Waals surface area contributed by atoms with Crippen LogP contribution in [0.1, 0.15) is 5.56 Å². The van der Waals surface area contributed by atoms with E-state index in [9.17, 15) is 0 Å². The monoisotopic (exact) mass is 363 g/mol. The zero-order chi connectivity index (χ0) is 15.0. The molecule has 106 valence electrons. The van der Waals surface area contributed by atoms with E-state index in [1.54, 1.807) is 6.20 Å². The second-order valence-corrected chi connectivity index (χ2v) is 5.81. The number of nitrogens with two attached hydrogens (primary N) is 1. The van der Waals surface area contributed by atoms with Crippen LogP contribution in [0, 0.1) is 6.92 Å². The lowest BCUT2D eigenvalue weighted by Crippen LogP contribution is -2.03. The van der Waals surface area contributed by atoms with Gasteiger partial charge in [0.05, 0.1) is 5.52 Å². The number of rotatable bonds is 2. The Bertz CT molecular complexity index is 837. The third kappa shape index (κ3) is 2.77. The molecule has 0 aliphatic rings. The molecule has 0 aliphatic heterocycles. The molecule has 0 aliphatic carbocycles. The molecule has 21 heavy (non-hydrogen) atoms. The fourth-order valence-corrected chi connectivity index (χ4v) is 2.43. The number of benzene rings is 1. The maximum Gasteiger partial charge on any atom is 0.229 e. The number of hydrogen-bond acceptors (Lipinski definition) is 5. The number of anilines is 3. The number of hydrogen-bond donors (Lipinski definition) is 2. The predicted molar refractivity (Wildman–Crippen MR) is 88.9 cm³/mol. The summed E-state index contributed by atoms with van der Waals surface area (Å²) in [5.74, 6) is 0.736. The second-order valence-electron chi connectivity index (χ2n) is 4.49. The van der Waals surface area contributed by atoms with Gasteiger partial charge in [0.1, 0.15) is 5.52 Å². The SMILES string of the molecule is Cc1c(Cl)cccc1Nc1nc(N)c2ncc(Br)cc2n1. The van der Waals surface area contributed by atoms with Gasteiger partial charge < -0.3 is 11.1 Å². The number of nitrogens with zero attached hydrogens (tertiary/aromatic N) is 3. The Balaban J connectivity index is 2.07. The molecule has 0 amide bonds. The molecule has 3 N–H and O–H groups in total. The van der Waals surface area contributed by atoms with Crippen LogP contribution in [-0.4, -0.2) is 15.0 Å². The topological polar surface area (TPSA) is 76.7 Å². The van der Waals surface area contributed by atoms with E-state index in [-0.39, 0.29) is 0 Å². The lowest BCUT2D eigenvalue weighted by Gasteiger charge is -2.10. The van der Waals surface area contributed by atoms with Crippen LogP contribution in [-0.2, 0) is 0 Å². The molecule has 0 saturated carbocycles. The van der Waals surface area contributed by atoms with Gasteiger partial charge in [0.15, 0.2) is 5.82 Å². The smallest absolute Gasteiger partial charge is 0.229 e. The number of nitrogen functional groups attached to an aromatic ring is 1. The number of pyridine rings is 1. The van der Waals surface area contributed by atoms with Gasteiger partial charge in [-0.15, -0.1) is 0 Å². The first kappa shape index (κ1) is 14.0. The molecule has 3 rings (SSSR count). The number of halogens is 2. The van der Waals surface area contributed by atoms with Crippen LogP contribution in [0.25, 0.3) is 11.0 Å². The van der Waals surface area contributed by atoms with Crippen LogP contribution in [0.5, 0.6) is 0 Å². The average Bonchev–Trinajstić information content (AvgIpc) is 2.43. The van der Waals surface area contributed by atoms with Gasteiger partial charge in [-0.2, -0.15) is 4.98 Å². The maximum atomic E-state index is 6.11. The number of fused-ring (bicyclic) bond motifs is 1. The second kappa shape index (κ2) is 5.46. The zero-order valence-electron chi connectivity index (χ0n) is 11.1. The van der Waals surface area contributed by atoms with E-state index in [1.165, 1.54) is 0 Å². The van der Waals surface area contributed by atoms with Crippen molar-refractivity contribution in [3.8, 4) is 0 Å². The Kier molecular flexibility index (Phi) is 3.65. The molecule has 0 saturated heterocycles. The van der Waals surface area contributed by atoms with Gasteiger partial charge in [0, 0.05) is 21.4 Å². The number of aromatic nitrogens is 3. The highest BCUT2D eigenvalue weighted by molar-refractivity contribution is 9.10. The van der Waals surface area contributed by atoms with Crippen LogP contribution in [0.15, 0.2) is 34.9 Å². The van der Waals surface area contributed by atoms with Crippen molar-refractivity contribution in [1.29, 1.82) is 0 Å². The highest BCUT2D eigenvalue weighted by atomic mass is 79.9. The quantitative estimate of drug-likeness (QED) is 0.716. The first-order valence-corrected chi connectivity index (χ1v) is 7.32. The fraction of sp³-hybridized carbons (Fsp3) is 0.0714. The lowest BCUT2D eigenvalue weighted by atomic mass is 10.2. The van der Waals surface area contributed by atoms with Crippen molar-refractivity contribution in [3.63, 3.8) is 0 Å². The molecule has 3 aromatic rings. The van der Waals surface area contributed by atoms with Gasteiger partial charge in [0.2, 0.25) is 5.95 Å². The summed E-state index contributed by atoms with van der Waals surface area (Å²) in [5, 5.41) is 3.81. The van der Waals surface area contributed by atoms with E-state index in [1.807, 2.05) is 31.2 Å². The summed E-state index contributed by atoms with van der Waals surface area (Å²) in [6, 6.07) is 7.44. The fourth-order valence-electron chi connectivity index (χ4n) is 1.94.